The van der Waals surface area contributed by atoms with E-state index in [1.165, 1.54) is 43.5 Å². The molecule has 0 N–H and O–H groups in total. The molecule has 62 heavy (non-hydrogen) atoms. The second kappa shape index (κ2) is 14.7. The summed E-state index contributed by atoms with van der Waals surface area (Å²) in [5.74, 6) is 1.86. The Labute approximate surface area is 363 Å². The molecule has 0 radical (unpaired) electrons. The molecule has 0 saturated heterocycles. The average Bonchev–Trinajstić information content (AvgIpc) is 3.89. The van der Waals surface area contributed by atoms with Crippen molar-refractivity contribution < 1.29 is 0 Å². The zero-order valence-electron chi connectivity index (χ0n) is 33.5. The Bertz CT molecular complexity index is 3360. The van der Waals surface area contributed by atoms with Crippen molar-refractivity contribution in [3.05, 3.63) is 241 Å². The summed E-state index contributed by atoms with van der Waals surface area (Å²) in [5.41, 5.74) is 15.1. The second-order valence-corrected chi connectivity index (χ2v) is 16.8. The summed E-state index contributed by atoms with van der Waals surface area (Å²) >= 11 is 1.79. The fourth-order valence-electron chi connectivity index (χ4n) is 9.57. The number of rotatable bonds is 7. The molecule has 0 bridgehead atoms. The van der Waals surface area contributed by atoms with Crippen molar-refractivity contribution in [2.45, 2.75) is 5.41 Å². The Kier molecular flexibility index (Phi) is 8.54. The molecule has 1 aliphatic carbocycles. The number of fused-ring (bicyclic) bond motifs is 6. The van der Waals surface area contributed by atoms with Gasteiger partial charge in [0.2, 0.25) is 0 Å². The molecule has 0 fully saturated rings. The van der Waals surface area contributed by atoms with E-state index in [0.717, 1.165) is 49.2 Å². The molecule has 8 aromatic carbocycles. The molecule has 0 atom stereocenters. The lowest BCUT2D eigenvalue weighted by Gasteiger charge is -2.34. The van der Waals surface area contributed by atoms with Gasteiger partial charge in [-0.15, -0.1) is 11.3 Å². The molecule has 0 unspecified atom stereocenters. The summed E-state index contributed by atoms with van der Waals surface area (Å²) in [6.07, 6.45) is 1.94. The molecule has 12 rings (SSSR count). The minimum absolute atomic E-state index is 0.525. The molecule has 3 aromatic heterocycles. The molecule has 0 aliphatic heterocycles. The molecular weight excluding hydrogens is 773 g/mol. The van der Waals surface area contributed by atoms with E-state index in [1.807, 2.05) is 42.6 Å². The van der Waals surface area contributed by atoms with Crippen LogP contribution in [0, 0.1) is 0 Å². The Morgan fingerprint density at radius 3 is 1.53 bits per heavy atom. The van der Waals surface area contributed by atoms with Crippen LogP contribution in [-0.4, -0.2) is 19.9 Å². The van der Waals surface area contributed by atoms with Crippen molar-refractivity contribution in [1.29, 1.82) is 0 Å². The lowest BCUT2D eigenvalue weighted by Crippen LogP contribution is -2.28. The molecule has 4 nitrogen and oxygen atoms in total. The quantitative estimate of drug-likeness (QED) is 0.161. The van der Waals surface area contributed by atoms with E-state index in [0.29, 0.717) is 17.5 Å². The van der Waals surface area contributed by atoms with Crippen LogP contribution in [0.25, 0.3) is 87.8 Å². The predicted molar refractivity (Wildman–Crippen MR) is 255 cm³/mol. The van der Waals surface area contributed by atoms with Crippen molar-refractivity contribution in [3.63, 3.8) is 0 Å². The predicted octanol–water partition coefficient (Wildman–Crippen LogP) is 14.3. The minimum Gasteiger partial charge on any atom is -0.255 e. The molecule has 3 heterocycles. The van der Waals surface area contributed by atoms with Gasteiger partial charge >= 0.3 is 0 Å². The van der Waals surface area contributed by atoms with E-state index in [1.54, 1.807) is 11.3 Å². The molecule has 0 amide bonds. The zero-order chi connectivity index (χ0) is 41.0. The topological polar surface area (TPSA) is 51.6 Å². The summed E-state index contributed by atoms with van der Waals surface area (Å²) < 4.78 is 2.37. The highest BCUT2D eigenvalue weighted by molar-refractivity contribution is 7.26. The molecule has 0 spiro atoms. The maximum absolute atomic E-state index is 5.24. The van der Waals surface area contributed by atoms with Gasteiger partial charge in [-0.25, -0.2) is 15.0 Å². The van der Waals surface area contributed by atoms with Crippen LogP contribution in [0.15, 0.2) is 219 Å². The normalized spacial score (nSPS) is 12.6. The Morgan fingerprint density at radius 2 is 0.871 bits per heavy atom. The molecular formula is C57H36N4S. The van der Waals surface area contributed by atoms with Crippen LogP contribution < -0.4 is 0 Å². The highest BCUT2D eigenvalue weighted by atomic mass is 32.1. The van der Waals surface area contributed by atoms with Crippen LogP contribution in [0.2, 0.25) is 0 Å². The van der Waals surface area contributed by atoms with Crippen molar-refractivity contribution in [2.75, 3.05) is 0 Å². The summed E-state index contributed by atoms with van der Waals surface area (Å²) in [4.78, 5) is 20.5. The number of hydrogen-bond donors (Lipinski definition) is 0. The van der Waals surface area contributed by atoms with Gasteiger partial charge in [-0.1, -0.05) is 182 Å². The SMILES string of the molecule is c1ccc(-c2nc(-c3ccccc3)nc(-c3cc(-c4cccc5c4-c4ccccc4C5(c4ccccc4)c4ccccc4)cc(-c4ccnc5c4sc4ccccc45)c3)n2)cc1. The number of pyridine rings is 1. The fourth-order valence-corrected chi connectivity index (χ4v) is 10.8. The third-order valence-electron chi connectivity index (χ3n) is 12.3. The van der Waals surface area contributed by atoms with Crippen LogP contribution >= 0.6 is 11.3 Å². The average molecular weight is 809 g/mol. The maximum atomic E-state index is 5.24. The van der Waals surface area contributed by atoms with Crippen LogP contribution in [0.4, 0.5) is 0 Å². The van der Waals surface area contributed by atoms with Gasteiger partial charge in [0, 0.05) is 38.5 Å². The summed E-state index contributed by atoms with van der Waals surface area (Å²) in [6.45, 7) is 0. The molecule has 1 aliphatic rings. The maximum Gasteiger partial charge on any atom is 0.164 e. The molecule has 0 saturated carbocycles. The van der Waals surface area contributed by atoms with Gasteiger partial charge in [-0.05, 0) is 80.4 Å². The highest BCUT2D eigenvalue weighted by Crippen LogP contribution is 2.58. The van der Waals surface area contributed by atoms with Gasteiger partial charge in [-0.3, -0.25) is 4.98 Å². The first-order valence-electron chi connectivity index (χ1n) is 20.9. The second-order valence-electron chi connectivity index (χ2n) is 15.7. The molecule has 11 aromatic rings. The fraction of sp³-hybridized carbons (Fsp3) is 0.0175. The Balaban J connectivity index is 1.16. The van der Waals surface area contributed by atoms with Crippen LogP contribution in [0.5, 0.6) is 0 Å². The molecule has 290 valence electrons. The van der Waals surface area contributed by atoms with E-state index in [2.05, 4.69) is 176 Å². The lowest BCUT2D eigenvalue weighted by molar-refractivity contribution is 0.768. The minimum atomic E-state index is -0.525. The smallest absolute Gasteiger partial charge is 0.164 e. The van der Waals surface area contributed by atoms with Gasteiger partial charge in [0.05, 0.1) is 15.6 Å². The third-order valence-corrected chi connectivity index (χ3v) is 13.4. The van der Waals surface area contributed by atoms with Crippen molar-refractivity contribution in [1.82, 2.24) is 19.9 Å². The van der Waals surface area contributed by atoms with Gasteiger partial charge < -0.3 is 0 Å². The number of thiophene rings is 1. The van der Waals surface area contributed by atoms with E-state index in [9.17, 15) is 0 Å². The molecule has 5 heteroatoms. The number of hydrogen-bond acceptors (Lipinski definition) is 5. The van der Waals surface area contributed by atoms with Gasteiger partial charge in [0.25, 0.3) is 0 Å². The Morgan fingerprint density at radius 1 is 0.371 bits per heavy atom. The summed E-state index contributed by atoms with van der Waals surface area (Å²) in [5, 5.41) is 1.17. The van der Waals surface area contributed by atoms with Crippen molar-refractivity contribution in [3.8, 4) is 67.5 Å². The van der Waals surface area contributed by atoms with Gasteiger partial charge in [-0.2, -0.15) is 0 Å². The van der Waals surface area contributed by atoms with Crippen LogP contribution in [0.1, 0.15) is 22.3 Å². The van der Waals surface area contributed by atoms with Crippen molar-refractivity contribution >= 4 is 31.6 Å². The monoisotopic (exact) mass is 808 g/mol. The number of aromatic nitrogens is 4. The van der Waals surface area contributed by atoms with Crippen LogP contribution in [0.3, 0.4) is 0 Å². The number of benzene rings is 8. The van der Waals surface area contributed by atoms with E-state index in [-0.39, 0.29) is 0 Å². The highest BCUT2D eigenvalue weighted by Gasteiger charge is 2.46. The largest absolute Gasteiger partial charge is 0.255 e. The third kappa shape index (κ3) is 5.74. The standard InChI is InChI=1S/C57H36N4S/c1-5-18-37(19-6-1)54-59-55(38-20-7-2-8-21-38)61-56(60-54)41-35-39(34-40(36-41)45-32-33-58-52-47-27-14-16-31-50(47)62-53(45)52)44-28-17-30-49-51(44)46-26-13-15-29-48(46)57(49,42-22-9-3-10-23-42)43-24-11-4-12-25-43/h1-36H. The Hall–Kier alpha value is -7.86. The first kappa shape index (κ1) is 36.0. The summed E-state index contributed by atoms with van der Waals surface area (Å²) in [7, 11) is 0. The number of nitrogens with zero attached hydrogens (tertiary/aromatic N) is 4. The first-order valence-corrected chi connectivity index (χ1v) is 21.7. The van der Waals surface area contributed by atoms with E-state index in [4.69, 9.17) is 19.9 Å². The van der Waals surface area contributed by atoms with E-state index < -0.39 is 5.41 Å². The first-order chi connectivity index (χ1) is 30.7. The van der Waals surface area contributed by atoms with Crippen LogP contribution in [-0.2, 0) is 5.41 Å². The van der Waals surface area contributed by atoms with E-state index >= 15 is 0 Å². The lowest BCUT2D eigenvalue weighted by atomic mass is 9.67. The van der Waals surface area contributed by atoms with Gasteiger partial charge in [0.15, 0.2) is 17.5 Å². The van der Waals surface area contributed by atoms with Gasteiger partial charge in [0.1, 0.15) is 0 Å². The zero-order valence-corrected chi connectivity index (χ0v) is 34.3. The summed E-state index contributed by atoms with van der Waals surface area (Å²) in [6, 6.07) is 75.7. The van der Waals surface area contributed by atoms with Crippen molar-refractivity contribution in [2.24, 2.45) is 0 Å².